The third-order valence-corrected chi connectivity index (χ3v) is 3.92. The number of amides is 1. The minimum atomic E-state index is -4.33. The number of nitrogens with two attached hydrogens (primary N) is 1. The number of nitrogens with zero attached hydrogens (tertiary/aromatic N) is 1. The zero-order valence-corrected chi connectivity index (χ0v) is 10.5. The summed E-state index contributed by atoms with van der Waals surface area (Å²) in [5, 5.41) is 0. The maximum Gasteiger partial charge on any atom is 0.406 e. The summed E-state index contributed by atoms with van der Waals surface area (Å²) >= 11 is 0. The highest BCUT2D eigenvalue weighted by Gasteiger charge is 2.52. The molecule has 0 aliphatic heterocycles. The topological polar surface area (TPSA) is 46.3 Å². The van der Waals surface area contributed by atoms with E-state index in [9.17, 15) is 18.0 Å². The lowest BCUT2D eigenvalue weighted by molar-refractivity contribution is -0.173. The second-order valence-corrected chi connectivity index (χ2v) is 5.78. The van der Waals surface area contributed by atoms with E-state index in [2.05, 4.69) is 0 Å². The zero-order valence-electron chi connectivity index (χ0n) is 10.5. The summed E-state index contributed by atoms with van der Waals surface area (Å²) in [6.45, 7) is 1.01. The van der Waals surface area contributed by atoms with Gasteiger partial charge in [0.1, 0.15) is 6.54 Å². The first-order chi connectivity index (χ1) is 8.27. The van der Waals surface area contributed by atoms with Gasteiger partial charge in [-0.3, -0.25) is 4.79 Å². The minimum absolute atomic E-state index is 0.150. The summed E-state index contributed by atoms with van der Waals surface area (Å²) in [5.74, 6) is -0.00707. The Morgan fingerprint density at radius 2 is 1.94 bits per heavy atom. The van der Waals surface area contributed by atoms with Crippen molar-refractivity contribution >= 4 is 5.91 Å². The molecule has 2 N–H and O–H groups in total. The van der Waals surface area contributed by atoms with Crippen LogP contribution < -0.4 is 5.73 Å². The average Bonchev–Trinajstić information content (AvgIpc) is 3.02. The number of halogens is 3. The Bertz CT molecular complexity index is 333. The fraction of sp³-hybridized carbons (Fsp3) is 0.917. The molecule has 18 heavy (non-hydrogen) atoms. The Labute approximate surface area is 104 Å². The Morgan fingerprint density at radius 1 is 1.39 bits per heavy atom. The van der Waals surface area contributed by atoms with E-state index in [4.69, 9.17) is 5.73 Å². The van der Waals surface area contributed by atoms with Gasteiger partial charge in [-0.05, 0) is 31.6 Å². The predicted molar refractivity (Wildman–Crippen MR) is 60.7 cm³/mol. The molecule has 0 atom stereocenters. The van der Waals surface area contributed by atoms with Crippen LogP contribution in [0.25, 0.3) is 0 Å². The van der Waals surface area contributed by atoms with Gasteiger partial charge in [0, 0.05) is 12.6 Å². The number of carbonyl (C=O) groups excluding carboxylic acids is 1. The van der Waals surface area contributed by atoms with Crippen LogP contribution in [-0.4, -0.2) is 36.1 Å². The van der Waals surface area contributed by atoms with Gasteiger partial charge in [-0.25, -0.2) is 0 Å². The molecule has 0 heterocycles. The van der Waals surface area contributed by atoms with Gasteiger partial charge in [0.2, 0.25) is 5.91 Å². The zero-order chi connectivity index (χ0) is 13.6. The first-order valence-corrected chi connectivity index (χ1v) is 6.35. The summed E-state index contributed by atoms with van der Waals surface area (Å²) in [7, 11) is 0. The van der Waals surface area contributed by atoms with Gasteiger partial charge >= 0.3 is 6.18 Å². The van der Waals surface area contributed by atoms with Gasteiger partial charge < -0.3 is 10.6 Å². The molecule has 2 aliphatic rings. The van der Waals surface area contributed by atoms with E-state index in [1.807, 2.05) is 6.92 Å². The molecule has 2 saturated carbocycles. The number of alkyl halides is 3. The molecule has 0 spiro atoms. The number of hydrogen-bond donors (Lipinski definition) is 1. The highest BCUT2D eigenvalue weighted by Crippen LogP contribution is 2.47. The maximum atomic E-state index is 12.5. The normalized spacial score (nSPS) is 31.9. The number of rotatable bonds is 4. The third-order valence-electron chi connectivity index (χ3n) is 3.92. The Hall–Kier alpha value is -0.780. The van der Waals surface area contributed by atoms with E-state index in [1.54, 1.807) is 0 Å². The van der Waals surface area contributed by atoms with Crippen molar-refractivity contribution in [3.63, 3.8) is 0 Å². The van der Waals surface area contributed by atoms with Crippen molar-refractivity contribution in [1.82, 2.24) is 4.90 Å². The fourth-order valence-electron chi connectivity index (χ4n) is 2.95. The third kappa shape index (κ3) is 2.63. The van der Waals surface area contributed by atoms with Crippen LogP contribution in [0.15, 0.2) is 0 Å². The molecule has 2 fully saturated rings. The molecule has 0 aromatic heterocycles. The lowest BCUT2D eigenvalue weighted by atomic mass is 9.62. The molecular formula is C12H19F3N2O. The van der Waals surface area contributed by atoms with Crippen molar-refractivity contribution in [3.05, 3.63) is 0 Å². The molecule has 0 aromatic rings. The van der Waals surface area contributed by atoms with Crippen LogP contribution in [0.3, 0.4) is 0 Å². The van der Waals surface area contributed by atoms with E-state index in [0.717, 1.165) is 4.90 Å². The fourth-order valence-corrected chi connectivity index (χ4v) is 2.95. The highest BCUT2D eigenvalue weighted by atomic mass is 19.4. The minimum Gasteiger partial charge on any atom is -0.330 e. The van der Waals surface area contributed by atoms with Crippen LogP contribution in [-0.2, 0) is 4.79 Å². The molecular weight excluding hydrogens is 245 g/mol. The van der Waals surface area contributed by atoms with E-state index >= 15 is 0 Å². The Balaban J connectivity index is 2.08. The summed E-state index contributed by atoms with van der Waals surface area (Å²) in [6.07, 6.45) is -1.74. The lowest BCUT2D eigenvalue weighted by Gasteiger charge is -2.47. The van der Waals surface area contributed by atoms with Crippen molar-refractivity contribution in [3.8, 4) is 0 Å². The predicted octanol–water partition coefficient (Wildman–Crippen LogP) is 1.91. The highest BCUT2D eigenvalue weighted by molar-refractivity contribution is 5.84. The molecule has 0 bridgehead atoms. The van der Waals surface area contributed by atoms with E-state index < -0.39 is 18.1 Å². The molecule has 2 rings (SSSR count). The van der Waals surface area contributed by atoms with Crippen LogP contribution in [0.5, 0.6) is 0 Å². The lowest BCUT2D eigenvalue weighted by Crippen LogP contribution is -2.56. The van der Waals surface area contributed by atoms with Crippen LogP contribution in [0.4, 0.5) is 13.2 Å². The monoisotopic (exact) mass is 264 g/mol. The first kappa shape index (κ1) is 13.6. The van der Waals surface area contributed by atoms with Gasteiger partial charge in [0.05, 0.1) is 5.41 Å². The molecule has 3 nitrogen and oxygen atoms in total. The summed E-state index contributed by atoms with van der Waals surface area (Å²) < 4.78 is 37.6. The summed E-state index contributed by atoms with van der Waals surface area (Å²) in [4.78, 5) is 13.3. The quantitative estimate of drug-likeness (QED) is 0.843. The Morgan fingerprint density at radius 3 is 2.28 bits per heavy atom. The van der Waals surface area contributed by atoms with Crippen molar-refractivity contribution in [1.29, 1.82) is 0 Å². The van der Waals surface area contributed by atoms with Crippen molar-refractivity contribution in [2.24, 2.45) is 17.1 Å². The van der Waals surface area contributed by atoms with Gasteiger partial charge in [0.15, 0.2) is 0 Å². The standard InChI is InChI=1S/C12H19F3N2O/c1-8-4-11(5-8,6-16)10(18)17(9-2-3-9)7-12(13,14)15/h8-9H,2-7,16H2,1H3. The SMILES string of the molecule is CC1CC(CN)(C(=O)N(CC(F)(F)F)C2CC2)C1. The number of hydrogen-bond acceptors (Lipinski definition) is 2. The van der Waals surface area contributed by atoms with Gasteiger partial charge in [-0.15, -0.1) is 0 Å². The van der Waals surface area contributed by atoms with Crippen LogP contribution in [0.1, 0.15) is 32.6 Å². The summed E-state index contributed by atoms with van der Waals surface area (Å²) in [6, 6.07) is -0.224. The van der Waals surface area contributed by atoms with Gasteiger partial charge in [-0.2, -0.15) is 13.2 Å². The molecule has 104 valence electrons. The molecule has 0 unspecified atom stereocenters. The van der Waals surface area contributed by atoms with Crippen LogP contribution in [0.2, 0.25) is 0 Å². The largest absolute Gasteiger partial charge is 0.406 e. The Kier molecular flexibility index (Phi) is 3.34. The smallest absolute Gasteiger partial charge is 0.330 e. The molecule has 0 radical (unpaired) electrons. The number of carbonyl (C=O) groups is 1. The first-order valence-electron chi connectivity index (χ1n) is 6.35. The molecule has 0 saturated heterocycles. The van der Waals surface area contributed by atoms with Crippen LogP contribution >= 0.6 is 0 Å². The molecule has 6 heteroatoms. The van der Waals surface area contributed by atoms with Gasteiger partial charge in [-0.1, -0.05) is 6.92 Å². The molecule has 1 amide bonds. The second-order valence-electron chi connectivity index (χ2n) is 5.78. The van der Waals surface area contributed by atoms with Gasteiger partial charge in [0.25, 0.3) is 0 Å². The van der Waals surface area contributed by atoms with Crippen molar-refractivity contribution < 1.29 is 18.0 Å². The van der Waals surface area contributed by atoms with E-state index in [-0.39, 0.29) is 18.5 Å². The van der Waals surface area contributed by atoms with Crippen LogP contribution in [0, 0.1) is 11.3 Å². The van der Waals surface area contributed by atoms with E-state index in [1.165, 1.54) is 0 Å². The van der Waals surface area contributed by atoms with Crippen molar-refractivity contribution in [2.75, 3.05) is 13.1 Å². The summed E-state index contributed by atoms with van der Waals surface area (Å²) in [5.41, 5.74) is 4.90. The molecule has 0 aromatic carbocycles. The van der Waals surface area contributed by atoms with E-state index in [0.29, 0.717) is 31.6 Å². The van der Waals surface area contributed by atoms with Crippen molar-refractivity contribution in [2.45, 2.75) is 44.8 Å². The maximum absolute atomic E-state index is 12.5. The average molecular weight is 264 g/mol. The second kappa shape index (κ2) is 4.40. The molecule has 2 aliphatic carbocycles.